The smallest absolute Gasteiger partial charge is 0.245 e. The summed E-state index contributed by atoms with van der Waals surface area (Å²) in [4.78, 5) is 17.0. The largest absolute Gasteiger partial charge is 0.369 e. The van der Waals surface area contributed by atoms with Crippen LogP contribution in [-0.4, -0.2) is 65.3 Å². The molecule has 2 aromatic carbocycles. The van der Waals surface area contributed by atoms with Crippen molar-refractivity contribution in [3.63, 3.8) is 0 Å². The number of nitrogens with zero attached hydrogens (tertiary/aromatic N) is 3. The van der Waals surface area contributed by atoms with Crippen LogP contribution in [0.5, 0.6) is 0 Å². The maximum absolute atomic E-state index is 14.0. The van der Waals surface area contributed by atoms with E-state index in [2.05, 4.69) is 22.2 Å². The lowest BCUT2D eigenvalue weighted by Gasteiger charge is -2.34. The molecule has 1 saturated heterocycles. The second kappa shape index (κ2) is 8.79. The molecule has 0 bridgehead atoms. The van der Waals surface area contributed by atoms with E-state index in [1.54, 1.807) is 12.1 Å². The number of para-hydroxylation sites is 1. The van der Waals surface area contributed by atoms with Crippen molar-refractivity contribution in [2.24, 2.45) is 0 Å². The summed E-state index contributed by atoms with van der Waals surface area (Å²) < 4.78 is 39.0. The molecule has 0 aliphatic carbocycles. The van der Waals surface area contributed by atoms with Gasteiger partial charge in [-0.15, -0.1) is 0 Å². The van der Waals surface area contributed by atoms with E-state index in [4.69, 9.17) is 0 Å². The standard InChI is InChI=1S/C20H25FN4O3S/c1-23-11-13-24(14-12-23)17-9-7-16(8-10-17)22-20(26)15-25(29(2,27)28)19-6-4-3-5-18(19)21/h3-10H,11-15H2,1-2H3,(H,22,26). The van der Waals surface area contributed by atoms with Gasteiger partial charge in [-0.25, -0.2) is 12.8 Å². The van der Waals surface area contributed by atoms with Gasteiger partial charge in [-0.05, 0) is 43.4 Å². The summed E-state index contributed by atoms with van der Waals surface area (Å²) in [5.74, 6) is -1.26. The van der Waals surface area contributed by atoms with E-state index in [0.717, 1.165) is 48.5 Å². The van der Waals surface area contributed by atoms with Crippen LogP contribution < -0.4 is 14.5 Å². The van der Waals surface area contributed by atoms with Gasteiger partial charge >= 0.3 is 0 Å². The Kier molecular flexibility index (Phi) is 6.39. The number of hydrogen-bond acceptors (Lipinski definition) is 5. The minimum atomic E-state index is -3.83. The number of amides is 1. The SMILES string of the molecule is CN1CCN(c2ccc(NC(=O)CN(c3ccccc3F)S(C)(=O)=O)cc2)CC1. The molecule has 0 spiro atoms. The van der Waals surface area contributed by atoms with E-state index in [0.29, 0.717) is 5.69 Å². The molecule has 0 unspecified atom stereocenters. The highest BCUT2D eigenvalue weighted by molar-refractivity contribution is 7.92. The highest BCUT2D eigenvalue weighted by Crippen LogP contribution is 2.22. The highest BCUT2D eigenvalue weighted by Gasteiger charge is 2.23. The second-order valence-corrected chi connectivity index (χ2v) is 9.01. The number of carbonyl (C=O) groups is 1. The first-order valence-electron chi connectivity index (χ1n) is 9.30. The van der Waals surface area contributed by atoms with Crippen molar-refractivity contribution >= 4 is 33.0 Å². The Morgan fingerprint density at radius 2 is 1.69 bits per heavy atom. The van der Waals surface area contributed by atoms with Gasteiger partial charge in [-0.1, -0.05) is 12.1 Å². The van der Waals surface area contributed by atoms with Crippen molar-refractivity contribution < 1.29 is 17.6 Å². The van der Waals surface area contributed by atoms with E-state index in [-0.39, 0.29) is 5.69 Å². The second-order valence-electron chi connectivity index (χ2n) is 7.11. The van der Waals surface area contributed by atoms with Crippen LogP contribution in [0.2, 0.25) is 0 Å². The molecule has 1 heterocycles. The molecule has 1 amide bonds. The predicted molar refractivity (Wildman–Crippen MR) is 113 cm³/mol. The Hall–Kier alpha value is -2.65. The number of benzene rings is 2. The van der Waals surface area contributed by atoms with Gasteiger partial charge in [0.1, 0.15) is 12.4 Å². The number of sulfonamides is 1. The summed E-state index contributed by atoms with van der Waals surface area (Å²) in [5, 5.41) is 2.68. The topological polar surface area (TPSA) is 73.0 Å². The van der Waals surface area contributed by atoms with E-state index in [9.17, 15) is 17.6 Å². The Morgan fingerprint density at radius 3 is 2.28 bits per heavy atom. The number of likely N-dealkylation sites (N-methyl/N-ethyl adjacent to an activating group) is 1. The van der Waals surface area contributed by atoms with Crippen LogP contribution in [-0.2, 0) is 14.8 Å². The third-order valence-corrected chi connectivity index (χ3v) is 5.95. The number of hydrogen-bond donors (Lipinski definition) is 1. The van der Waals surface area contributed by atoms with Crippen molar-refractivity contribution in [1.82, 2.24) is 4.90 Å². The molecule has 1 aliphatic heterocycles. The molecular weight excluding hydrogens is 395 g/mol. The lowest BCUT2D eigenvalue weighted by molar-refractivity contribution is -0.114. The van der Waals surface area contributed by atoms with Crippen molar-refractivity contribution in [2.45, 2.75) is 0 Å². The molecule has 0 saturated carbocycles. The summed E-state index contributed by atoms with van der Waals surface area (Å²) in [6.45, 7) is 3.36. The lowest BCUT2D eigenvalue weighted by atomic mass is 10.2. The number of rotatable bonds is 6. The average Bonchev–Trinajstić information content (AvgIpc) is 2.67. The molecular formula is C20H25FN4O3S. The first-order chi connectivity index (χ1) is 13.7. The summed E-state index contributed by atoms with van der Waals surface area (Å²) in [6, 6.07) is 12.9. The zero-order chi connectivity index (χ0) is 21.0. The van der Waals surface area contributed by atoms with Gasteiger partial charge in [0.05, 0.1) is 11.9 Å². The van der Waals surface area contributed by atoms with E-state index in [1.165, 1.54) is 18.2 Å². The molecule has 2 aromatic rings. The third-order valence-electron chi connectivity index (χ3n) is 4.83. The fourth-order valence-electron chi connectivity index (χ4n) is 3.19. The van der Waals surface area contributed by atoms with Gasteiger partial charge in [0.2, 0.25) is 15.9 Å². The van der Waals surface area contributed by atoms with Gasteiger partial charge in [0.25, 0.3) is 0 Å². The van der Waals surface area contributed by atoms with Crippen LogP contribution in [0.15, 0.2) is 48.5 Å². The Balaban J connectivity index is 1.67. The third kappa shape index (κ3) is 5.45. The molecule has 1 aliphatic rings. The maximum Gasteiger partial charge on any atom is 0.245 e. The fourth-order valence-corrected chi connectivity index (χ4v) is 4.04. The monoisotopic (exact) mass is 420 g/mol. The zero-order valence-corrected chi connectivity index (χ0v) is 17.3. The molecule has 29 heavy (non-hydrogen) atoms. The normalized spacial score (nSPS) is 15.2. The summed E-state index contributed by atoms with van der Waals surface area (Å²) in [5.41, 5.74) is 1.46. The summed E-state index contributed by atoms with van der Waals surface area (Å²) in [7, 11) is -1.74. The van der Waals surface area contributed by atoms with Crippen LogP contribution in [0.25, 0.3) is 0 Å². The minimum absolute atomic E-state index is 0.157. The van der Waals surface area contributed by atoms with Crippen LogP contribution >= 0.6 is 0 Å². The molecule has 0 aromatic heterocycles. The number of nitrogens with one attached hydrogen (secondary N) is 1. The molecule has 156 valence electrons. The number of halogens is 1. The molecule has 1 fully saturated rings. The Bertz CT molecular complexity index is 958. The number of anilines is 3. The van der Waals surface area contributed by atoms with Crippen molar-refractivity contribution in [3.8, 4) is 0 Å². The number of carbonyl (C=O) groups excluding carboxylic acids is 1. The molecule has 1 N–H and O–H groups in total. The van der Waals surface area contributed by atoms with E-state index in [1.807, 2.05) is 12.1 Å². The van der Waals surface area contributed by atoms with Crippen molar-refractivity contribution in [2.75, 3.05) is 60.5 Å². The van der Waals surface area contributed by atoms with Crippen LogP contribution in [0.1, 0.15) is 0 Å². The molecule has 7 nitrogen and oxygen atoms in total. The van der Waals surface area contributed by atoms with E-state index >= 15 is 0 Å². The van der Waals surface area contributed by atoms with Crippen molar-refractivity contribution in [1.29, 1.82) is 0 Å². The fraction of sp³-hybridized carbons (Fsp3) is 0.350. The first-order valence-corrected chi connectivity index (χ1v) is 11.1. The molecule has 9 heteroatoms. The Morgan fingerprint density at radius 1 is 1.07 bits per heavy atom. The van der Waals surface area contributed by atoms with Gasteiger partial charge in [-0.3, -0.25) is 9.10 Å². The van der Waals surface area contributed by atoms with Gasteiger partial charge in [0, 0.05) is 37.6 Å². The molecule has 0 radical (unpaired) electrons. The first kappa shape index (κ1) is 21.1. The van der Waals surface area contributed by atoms with Gasteiger partial charge in [0.15, 0.2) is 0 Å². The minimum Gasteiger partial charge on any atom is -0.369 e. The van der Waals surface area contributed by atoms with Crippen LogP contribution in [0.4, 0.5) is 21.5 Å². The van der Waals surface area contributed by atoms with E-state index < -0.39 is 28.3 Å². The highest BCUT2D eigenvalue weighted by atomic mass is 32.2. The van der Waals surface area contributed by atoms with Gasteiger partial charge in [-0.2, -0.15) is 0 Å². The molecule has 0 atom stereocenters. The predicted octanol–water partition coefficient (Wildman–Crippen LogP) is 1.98. The summed E-state index contributed by atoms with van der Waals surface area (Å²) in [6.07, 6.45) is 0.942. The quantitative estimate of drug-likeness (QED) is 0.774. The van der Waals surface area contributed by atoms with Crippen LogP contribution in [0, 0.1) is 5.82 Å². The van der Waals surface area contributed by atoms with Gasteiger partial charge < -0.3 is 15.1 Å². The Labute approximate surface area is 170 Å². The van der Waals surface area contributed by atoms with Crippen LogP contribution in [0.3, 0.4) is 0 Å². The number of piperazine rings is 1. The summed E-state index contributed by atoms with van der Waals surface area (Å²) >= 11 is 0. The molecule has 3 rings (SSSR count). The maximum atomic E-state index is 14.0. The average molecular weight is 421 g/mol. The lowest BCUT2D eigenvalue weighted by Crippen LogP contribution is -2.44. The zero-order valence-electron chi connectivity index (χ0n) is 16.5. The van der Waals surface area contributed by atoms with Crippen molar-refractivity contribution in [3.05, 3.63) is 54.3 Å².